The van der Waals surface area contributed by atoms with E-state index in [1.54, 1.807) is 0 Å². The van der Waals surface area contributed by atoms with Crippen LogP contribution >= 0.6 is 12.6 Å². The smallest absolute Gasteiger partial charge is 0.00484 e. The molecule has 0 aliphatic heterocycles. The highest BCUT2D eigenvalue weighted by molar-refractivity contribution is 7.80. The molecule has 1 fully saturated rings. The number of rotatable bonds is 5. The van der Waals surface area contributed by atoms with Gasteiger partial charge in [-0.25, -0.2) is 0 Å². The van der Waals surface area contributed by atoms with Gasteiger partial charge in [0.2, 0.25) is 0 Å². The van der Waals surface area contributed by atoms with Crippen LogP contribution in [0.2, 0.25) is 0 Å². The molecule has 1 nitrogen and oxygen atoms in total. The maximum absolute atomic E-state index is 4.42. The van der Waals surface area contributed by atoms with Gasteiger partial charge < -0.3 is 4.90 Å². The molecule has 1 aliphatic carbocycles. The molecule has 0 saturated heterocycles. The van der Waals surface area contributed by atoms with E-state index in [2.05, 4.69) is 38.3 Å². The number of hydrogen-bond acceptors (Lipinski definition) is 2. The fraction of sp³-hybridized carbons (Fsp3) is 1.00. The van der Waals surface area contributed by atoms with E-state index in [4.69, 9.17) is 0 Å². The molecule has 1 aliphatic rings. The van der Waals surface area contributed by atoms with Crippen molar-refractivity contribution in [1.82, 2.24) is 4.90 Å². The lowest BCUT2D eigenvalue weighted by Gasteiger charge is -2.28. The van der Waals surface area contributed by atoms with Gasteiger partial charge in [-0.15, -0.1) is 0 Å². The quantitative estimate of drug-likeness (QED) is 0.647. The summed E-state index contributed by atoms with van der Waals surface area (Å²) >= 11 is 4.42. The average Bonchev–Trinajstić information content (AvgIpc) is 2.80. The molecule has 0 atom stereocenters. The average molecular weight is 187 g/mol. The highest BCUT2D eigenvalue weighted by atomic mass is 32.1. The van der Waals surface area contributed by atoms with Crippen LogP contribution in [0.25, 0.3) is 0 Å². The first-order valence-corrected chi connectivity index (χ1v) is 5.62. The van der Waals surface area contributed by atoms with Crippen molar-refractivity contribution in [3.8, 4) is 0 Å². The summed E-state index contributed by atoms with van der Waals surface area (Å²) in [6, 6.07) is 0.687. The summed E-state index contributed by atoms with van der Waals surface area (Å²) in [4.78, 5) is 2.54. The van der Waals surface area contributed by atoms with Crippen molar-refractivity contribution in [2.75, 3.05) is 18.8 Å². The number of nitrogens with zero attached hydrogens (tertiary/aromatic N) is 1. The first kappa shape index (κ1) is 10.4. The standard InChI is InChI=1S/C10H21NS/c1-4-11(9(2)3)7-10(8-12)5-6-10/h9,12H,4-8H2,1-3H3. The molecule has 0 N–H and O–H groups in total. The first-order valence-electron chi connectivity index (χ1n) is 4.98. The molecule has 0 spiro atoms. The molecule has 1 rings (SSSR count). The zero-order valence-corrected chi connectivity index (χ0v) is 9.40. The highest BCUT2D eigenvalue weighted by Crippen LogP contribution is 2.47. The summed E-state index contributed by atoms with van der Waals surface area (Å²) in [5.41, 5.74) is 0.587. The minimum absolute atomic E-state index is 0.587. The minimum Gasteiger partial charge on any atom is -0.301 e. The summed E-state index contributed by atoms with van der Waals surface area (Å²) < 4.78 is 0. The van der Waals surface area contributed by atoms with E-state index in [1.165, 1.54) is 25.9 Å². The Morgan fingerprint density at radius 2 is 2.00 bits per heavy atom. The zero-order chi connectivity index (χ0) is 9.19. The lowest BCUT2D eigenvalue weighted by Crippen LogP contribution is -2.36. The zero-order valence-electron chi connectivity index (χ0n) is 8.51. The summed E-state index contributed by atoms with van der Waals surface area (Å²) in [6.07, 6.45) is 2.78. The van der Waals surface area contributed by atoms with Crippen LogP contribution in [0.1, 0.15) is 33.6 Å². The van der Waals surface area contributed by atoms with Crippen LogP contribution in [0.3, 0.4) is 0 Å². The van der Waals surface area contributed by atoms with Gasteiger partial charge in [-0.05, 0) is 44.4 Å². The molecule has 2 heteroatoms. The second-order valence-corrected chi connectivity index (χ2v) is 4.63. The van der Waals surface area contributed by atoms with E-state index in [-0.39, 0.29) is 0 Å². The molecule has 1 saturated carbocycles. The molecule has 0 amide bonds. The lowest BCUT2D eigenvalue weighted by atomic mass is 10.1. The normalized spacial score (nSPS) is 20.5. The first-order chi connectivity index (χ1) is 5.63. The molecule has 0 aromatic heterocycles. The van der Waals surface area contributed by atoms with Gasteiger partial charge in [-0.3, -0.25) is 0 Å². The Morgan fingerprint density at radius 1 is 1.42 bits per heavy atom. The molecule has 0 aromatic carbocycles. The molecular weight excluding hydrogens is 166 g/mol. The SMILES string of the molecule is CCN(CC1(CS)CC1)C(C)C. The number of hydrogen-bond donors (Lipinski definition) is 1. The van der Waals surface area contributed by atoms with Crippen LogP contribution in [0.4, 0.5) is 0 Å². The van der Waals surface area contributed by atoms with Gasteiger partial charge in [-0.2, -0.15) is 12.6 Å². The van der Waals surface area contributed by atoms with Crippen molar-refractivity contribution in [2.24, 2.45) is 5.41 Å². The van der Waals surface area contributed by atoms with Crippen molar-refractivity contribution in [1.29, 1.82) is 0 Å². The Hall–Kier alpha value is 0.310. The highest BCUT2D eigenvalue weighted by Gasteiger charge is 2.42. The largest absolute Gasteiger partial charge is 0.301 e. The Labute approximate surface area is 81.9 Å². The third kappa shape index (κ3) is 2.40. The lowest BCUT2D eigenvalue weighted by molar-refractivity contribution is 0.196. The second-order valence-electron chi connectivity index (χ2n) is 4.31. The summed E-state index contributed by atoms with van der Waals surface area (Å²) in [7, 11) is 0. The van der Waals surface area contributed by atoms with Gasteiger partial charge in [0, 0.05) is 12.6 Å². The monoisotopic (exact) mass is 187 g/mol. The summed E-state index contributed by atoms with van der Waals surface area (Å²) in [5.74, 6) is 1.07. The van der Waals surface area contributed by atoms with Gasteiger partial charge >= 0.3 is 0 Å². The molecule has 72 valence electrons. The Morgan fingerprint density at radius 3 is 2.25 bits per heavy atom. The summed E-state index contributed by atoms with van der Waals surface area (Å²) in [5, 5.41) is 0. The maximum Gasteiger partial charge on any atom is 0.00484 e. The van der Waals surface area contributed by atoms with E-state index in [1.807, 2.05) is 0 Å². The van der Waals surface area contributed by atoms with Gasteiger partial charge in [0.25, 0.3) is 0 Å². The molecule has 0 heterocycles. The molecule has 0 radical (unpaired) electrons. The summed E-state index contributed by atoms with van der Waals surface area (Å²) in [6.45, 7) is 9.22. The van der Waals surface area contributed by atoms with Crippen LogP contribution < -0.4 is 0 Å². The minimum atomic E-state index is 0.587. The molecule has 0 bridgehead atoms. The van der Waals surface area contributed by atoms with Crippen LogP contribution in [-0.2, 0) is 0 Å². The Balaban J connectivity index is 2.37. The number of thiol groups is 1. The van der Waals surface area contributed by atoms with Crippen molar-refractivity contribution in [3.05, 3.63) is 0 Å². The van der Waals surface area contributed by atoms with Crippen LogP contribution in [0.5, 0.6) is 0 Å². The van der Waals surface area contributed by atoms with Gasteiger partial charge in [0.05, 0.1) is 0 Å². The van der Waals surface area contributed by atoms with Crippen molar-refractivity contribution >= 4 is 12.6 Å². The van der Waals surface area contributed by atoms with E-state index < -0.39 is 0 Å². The Bertz CT molecular complexity index is 141. The fourth-order valence-corrected chi connectivity index (χ4v) is 2.05. The Kier molecular flexibility index (Phi) is 3.47. The third-order valence-electron chi connectivity index (χ3n) is 2.97. The van der Waals surface area contributed by atoms with Crippen LogP contribution in [0.15, 0.2) is 0 Å². The van der Waals surface area contributed by atoms with E-state index in [0.29, 0.717) is 11.5 Å². The second kappa shape index (κ2) is 4.01. The van der Waals surface area contributed by atoms with E-state index in [9.17, 15) is 0 Å². The molecule has 0 unspecified atom stereocenters. The van der Waals surface area contributed by atoms with Crippen molar-refractivity contribution in [3.63, 3.8) is 0 Å². The molecule has 12 heavy (non-hydrogen) atoms. The van der Waals surface area contributed by atoms with Gasteiger partial charge in [0.15, 0.2) is 0 Å². The van der Waals surface area contributed by atoms with Gasteiger partial charge in [0.1, 0.15) is 0 Å². The van der Waals surface area contributed by atoms with Crippen molar-refractivity contribution < 1.29 is 0 Å². The third-order valence-corrected chi connectivity index (χ3v) is 3.64. The predicted molar refractivity (Wildman–Crippen MR) is 57.9 cm³/mol. The maximum atomic E-state index is 4.42. The van der Waals surface area contributed by atoms with E-state index in [0.717, 1.165) is 5.75 Å². The van der Waals surface area contributed by atoms with E-state index >= 15 is 0 Å². The predicted octanol–water partition coefficient (Wildman–Crippen LogP) is 2.43. The van der Waals surface area contributed by atoms with Gasteiger partial charge in [-0.1, -0.05) is 6.92 Å². The molecule has 0 aromatic rings. The topological polar surface area (TPSA) is 3.24 Å². The van der Waals surface area contributed by atoms with Crippen LogP contribution in [0, 0.1) is 5.41 Å². The van der Waals surface area contributed by atoms with Crippen LogP contribution in [-0.4, -0.2) is 29.8 Å². The molecular formula is C10H21NS. The fourth-order valence-electron chi connectivity index (χ4n) is 1.63. The van der Waals surface area contributed by atoms with Crippen molar-refractivity contribution in [2.45, 2.75) is 39.7 Å².